The highest BCUT2D eigenvalue weighted by Gasteiger charge is 2.47. The molecular weight excluding hydrogens is 662 g/mol. The van der Waals surface area contributed by atoms with E-state index in [4.69, 9.17) is 14.2 Å². The van der Waals surface area contributed by atoms with E-state index in [2.05, 4.69) is 15.9 Å². The fourth-order valence-electron chi connectivity index (χ4n) is 8.83. The van der Waals surface area contributed by atoms with E-state index in [1.165, 1.54) is 12.8 Å². The van der Waals surface area contributed by atoms with E-state index in [0.29, 0.717) is 19.3 Å². The number of likely N-dealkylation sites (N-methyl/N-ethyl adjacent to an activating group) is 1. The molecular formula is C41H71N3O8. The summed E-state index contributed by atoms with van der Waals surface area (Å²) in [6.07, 6.45) is 8.49. The number of aliphatic hydroxyl groups excluding tert-OH is 3. The molecule has 4 aliphatic heterocycles. The average molecular weight is 734 g/mol. The standard InChI is InChI=1S/C41H71N3O8/c1-8-35-32(26-44-20-13-10-14-21-44)23-27(2)15-16-33(45)28(3)24-31(17-22-43-18-11-9-12-19-43)40(29(4)34(46)25-36(47)51-35)52-41-39(49)37(42(6)7)38(48)30(5)50-41/h15-16,23,28-32,34-35,37-41,46,48-49H,8-14,17-22,24-26H2,1-7H3/b16-15+,27-23+/t28-,29+,30-,31+,32?,34-,35-,37+,38-,39-,40-,41+/m1/s1. The third kappa shape index (κ3) is 12.2. The molecule has 0 bridgehead atoms. The van der Waals surface area contributed by atoms with Crippen LogP contribution in [0.25, 0.3) is 0 Å². The number of cyclic esters (lactones) is 1. The summed E-state index contributed by atoms with van der Waals surface area (Å²) in [6.45, 7) is 15.3. The largest absolute Gasteiger partial charge is 0.462 e. The van der Waals surface area contributed by atoms with Crippen molar-refractivity contribution in [2.24, 2.45) is 23.7 Å². The second-order valence-electron chi connectivity index (χ2n) is 16.6. The summed E-state index contributed by atoms with van der Waals surface area (Å²) < 4.78 is 19.1. The highest BCUT2D eigenvalue weighted by molar-refractivity contribution is 5.91. The lowest BCUT2D eigenvalue weighted by molar-refractivity contribution is -0.304. The molecule has 0 aromatic carbocycles. The second kappa shape index (κ2) is 20.8. The number of ether oxygens (including phenoxy) is 3. The van der Waals surface area contributed by atoms with E-state index in [1.54, 1.807) is 32.0 Å². The van der Waals surface area contributed by atoms with Crippen LogP contribution in [0.4, 0.5) is 0 Å². The minimum Gasteiger partial charge on any atom is -0.462 e. The van der Waals surface area contributed by atoms with Crippen molar-refractivity contribution in [3.05, 3.63) is 23.8 Å². The van der Waals surface area contributed by atoms with Crippen molar-refractivity contribution < 1.29 is 39.1 Å². The van der Waals surface area contributed by atoms with Crippen molar-refractivity contribution in [2.75, 3.05) is 53.4 Å². The van der Waals surface area contributed by atoms with Gasteiger partial charge in [-0.25, -0.2) is 0 Å². The highest BCUT2D eigenvalue weighted by atomic mass is 16.7. The predicted molar refractivity (Wildman–Crippen MR) is 203 cm³/mol. The molecule has 0 saturated carbocycles. The lowest BCUT2D eigenvalue weighted by Gasteiger charge is -2.47. The van der Waals surface area contributed by atoms with Gasteiger partial charge in [-0.2, -0.15) is 0 Å². The van der Waals surface area contributed by atoms with Gasteiger partial charge in [-0.05, 0) is 118 Å². The number of carbonyl (C=O) groups excluding carboxylic acids is 2. The van der Waals surface area contributed by atoms with Crippen LogP contribution in [0.3, 0.4) is 0 Å². The minimum atomic E-state index is -1.17. The summed E-state index contributed by atoms with van der Waals surface area (Å²) >= 11 is 0. The fraction of sp³-hybridized carbons (Fsp3) is 0.854. The Kier molecular flexibility index (Phi) is 17.2. The lowest BCUT2D eigenvalue weighted by atomic mass is 9.79. The fourth-order valence-corrected chi connectivity index (χ4v) is 8.83. The van der Waals surface area contributed by atoms with Crippen LogP contribution in [-0.2, 0) is 23.8 Å². The molecule has 0 aromatic heterocycles. The van der Waals surface area contributed by atoms with Crippen LogP contribution in [-0.4, -0.2) is 144 Å². The number of ketones is 1. The molecule has 11 nitrogen and oxygen atoms in total. The Hall–Kier alpha value is -1.70. The molecule has 3 N–H and O–H groups in total. The first-order valence-electron chi connectivity index (χ1n) is 20.3. The Morgan fingerprint density at radius 3 is 2.15 bits per heavy atom. The van der Waals surface area contributed by atoms with Crippen molar-refractivity contribution in [1.29, 1.82) is 0 Å². The molecule has 0 radical (unpaired) electrons. The maximum Gasteiger partial charge on any atom is 0.308 e. The number of carbonyl (C=O) groups is 2. The zero-order valence-corrected chi connectivity index (χ0v) is 33.2. The van der Waals surface area contributed by atoms with Crippen LogP contribution in [0.15, 0.2) is 23.8 Å². The van der Waals surface area contributed by atoms with Gasteiger partial charge in [0.05, 0.1) is 36.9 Å². The van der Waals surface area contributed by atoms with Gasteiger partial charge >= 0.3 is 5.97 Å². The molecule has 4 rings (SSSR count). The van der Waals surface area contributed by atoms with Gasteiger partial charge in [0.1, 0.15) is 12.2 Å². The molecule has 0 aliphatic carbocycles. The third-order valence-electron chi connectivity index (χ3n) is 12.1. The van der Waals surface area contributed by atoms with Crippen LogP contribution in [0, 0.1) is 23.7 Å². The summed E-state index contributed by atoms with van der Waals surface area (Å²) in [4.78, 5) is 34.1. The van der Waals surface area contributed by atoms with E-state index >= 15 is 0 Å². The van der Waals surface area contributed by atoms with Crippen LogP contribution < -0.4 is 0 Å². The number of likely N-dealkylation sites (tertiary alicyclic amines) is 2. The third-order valence-corrected chi connectivity index (χ3v) is 12.1. The zero-order chi connectivity index (χ0) is 37.9. The Bertz CT molecular complexity index is 1170. The summed E-state index contributed by atoms with van der Waals surface area (Å²) in [5.74, 6) is -1.58. The van der Waals surface area contributed by atoms with Crippen LogP contribution in [0.2, 0.25) is 0 Å². The Morgan fingerprint density at radius 2 is 1.54 bits per heavy atom. The maximum atomic E-state index is 13.8. The van der Waals surface area contributed by atoms with Gasteiger partial charge in [0.2, 0.25) is 0 Å². The second-order valence-corrected chi connectivity index (χ2v) is 16.6. The maximum absolute atomic E-state index is 13.8. The predicted octanol–water partition coefficient (Wildman–Crippen LogP) is 4.18. The van der Waals surface area contributed by atoms with Crippen LogP contribution in [0.1, 0.15) is 98.8 Å². The van der Waals surface area contributed by atoms with E-state index < -0.39 is 54.7 Å². The van der Waals surface area contributed by atoms with Gasteiger partial charge in [-0.15, -0.1) is 0 Å². The van der Waals surface area contributed by atoms with Crippen molar-refractivity contribution in [1.82, 2.24) is 14.7 Å². The van der Waals surface area contributed by atoms with Crippen LogP contribution >= 0.6 is 0 Å². The summed E-state index contributed by atoms with van der Waals surface area (Å²) in [5, 5.41) is 34.2. The molecule has 1 unspecified atom stereocenters. The van der Waals surface area contributed by atoms with Crippen molar-refractivity contribution in [2.45, 2.75) is 148 Å². The molecule has 11 heteroatoms. The zero-order valence-electron chi connectivity index (χ0n) is 33.2. The van der Waals surface area contributed by atoms with Crippen molar-refractivity contribution >= 4 is 11.8 Å². The molecule has 298 valence electrons. The molecule has 52 heavy (non-hydrogen) atoms. The number of esters is 1. The van der Waals surface area contributed by atoms with E-state index in [1.807, 2.05) is 33.8 Å². The topological polar surface area (TPSA) is 132 Å². The Labute approximate surface area is 313 Å². The SMILES string of the molecule is CC[C@H]1OC(=O)C[C@@H](O)[C@H](C)[C@@H](O[C@@H]2O[C@H](C)[C@@H](O)[C@H](N(C)C)[C@H]2O)[C@@H](CCN2CCCCC2)C[C@@H](C)C(=O)/C=C/C(C)=C/C1CN1CCCCC1. The molecule has 0 aromatic rings. The molecule has 0 spiro atoms. The smallest absolute Gasteiger partial charge is 0.308 e. The van der Waals surface area contributed by atoms with Gasteiger partial charge in [-0.1, -0.05) is 51.3 Å². The number of piperidine rings is 2. The quantitative estimate of drug-likeness (QED) is 0.295. The Balaban J connectivity index is 1.68. The normalized spacial score (nSPS) is 40.2. The van der Waals surface area contributed by atoms with Gasteiger partial charge in [-0.3, -0.25) is 9.59 Å². The average Bonchev–Trinajstić information content (AvgIpc) is 3.12. The number of nitrogens with zero attached hydrogens (tertiary/aromatic N) is 3. The summed E-state index contributed by atoms with van der Waals surface area (Å²) in [6, 6.07) is -0.632. The summed E-state index contributed by atoms with van der Waals surface area (Å²) in [7, 11) is 3.60. The molecule has 12 atom stereocenters. The number of rotatable bonds is 9. The van der Waals surface area contributed by atoms with E-state index in [-0.39, 0.29) is 36.1 Å². The summed E-state index contributed by atoms with van der Waals surface area (Å²) in [5.41, 5.74) is 0.954. The Morgan fingerprint density at radius 1 is 0.904 bits per heavy atom. The van der Waals surface area contributed by atoms with Crippen molar-refractivity contribution in [3.63, 3.8) is 0 Å². The lowest BCUT2D eigenvalue weighted by Crippen LogP contribution is -2.63. The number of aliphatic hydroxyl groups is 3. The highest BCUT2D eigenvalue weighted by Crippen LogP contribution is 2.35. The molecule has 4 aliphatic rings. The first-order valence-corrected chi connectivity index (χ1v) is 20.3. The molecule has 3 saturated heterocycles. The monoisotopic (exact) mass is 734 g/mol. The van der Waals surface area contributed by atoms with Crippen LogP contribution in [0.5, 0.6) is 0 Å². The number of hydrogen-bond donors (Lipinski definition) is 3. The minimum absolute atomic E-state index is 0.0270. The van der Waals surface area contributed by atoms with Gasteiger partial charge < -0.3 is 44.2 Å². The number of hydrogen-bond acceptors (Lipinski definition) is 11. The number of allylic oxidation sites excluding steroid dienone is 3. The van der Waals surface area contributed by atoms with E-state index in [0.717, 1.165) is 70.5 Å². The van der Waals surface area contributed by atoms with Gasteiger partial charge in [0.15, 0.2) is 12.1 Å². The first-order chi connectivity index (χ1) is 24.8. The molecule has 4 heterocycles. The van der Waals surface area contributed by atoms with Gasteiger partial charge in [0.25, 0.3) is 0 Å². The molecule has 3 fully saturated rings. The van der Waals surface area contributed by atoms with Crippen molar-refractivity contribution in [3.8, 4) is 0 Å². The van der Waals surface area contributed by atoms with Gasteiger partial charge in [0, 0.05) is 24.3 Å². The first kappa shape index (κ1) is 43.0. The molecule has 0 amide bonds. The van der Waals surface area contributed by atoms with E-state index in [9.17, 15) is 24.9 Å².